The fourth-order valence-electron chi connectivity index (χ4n) is 1.75. The fraction of sp³-hybridized carbons (Fsp3) is 0.308. The van der Waals surface area contributed by atoms with Gasteiger partial charge in [-0.15, -0.1) is 0 Å². The van der Waals surface area contributed by atoms with Gasteiger partial charge in [-0.3, -0.25) is 4.79 Å². The lowest BCUT2D eigenvalue weighted by Crippen LogP contribution is -2.20. The van der Waals surface area contributed by atoms with Gasteiger partial charge in [0.2, 0.25) is 0 Å². The van der Waals surface area contributed by atoms with Gasteiger partial charge in [-0.2, -0.15) is 0 Å². The molecule has 0 fully saturated rings. The van der Waals surface area contributed by atoms with Crippen LogP contribution in [0.4, 0.5) is 4.39 Å². The van der Waals surface area contributed by atoms with Crippen molar-refractivity contribution in [1.29, 1.82) is 0 Å². The largest absolute Gasteiger partial charge is 0.451 e. The van der Waals surface area contributed by atoms with Crippen molar-refractivity contribution in [2.45, 2.75) is 13.3 Å². The van der Waals surface area contributed by atoms with E-state index in [1.807, 2.05) is 6.92 Å². The van der Waals surface area contributed by atoms with E-state index >= 15 is 0 Å². The Bertz CT molecular complexity index is 572. The number of carbonyl (C=O) groups excluding carboxylic acids is 1. The van der Waals surface area contributed by atoms with Crippen LogP contribution in [0.5, 0.6) is 0 Å². The lowest BCUT2D eigenvalue weighted by Gasteiger charge is -2.06. The Balaban J connectivity index is 2.64. The molecule has 2 aromatic rings. The summed E-state index contributed by atoms with van der Waals surface area (Å²) >= 11 is 0. The third kappa shape index (κ3) is 1.90. The molecule has 0 aliphatic carbocycles. The second kappa shape index (κ2) is 4.20. The topological polar surface area (TPSA) is 33.5 Å². The summed E-state index contributed by atoms with van der Waals surface area (Å²) in [5.74, 6) is -0.453. The molecule has 1 amide bonds. The molecule has 0 aliphatic rings. The number of aryl methyl sites for hydroxylation is 1. The molecule has 0 N–H and O–H groups in total. The molecule has 90 valence electrons. The maximum Gasteiger partial charge on any atom is 0.289 e. The molecular formula is C13H14FNO2. The van der Waals surface area contributed by atoms with Gasteiger partial charge < -0.3 is 9.32 Å². The molecule has 17 heavy (non-hydrogen) atoms. The number of nitrogens with zero attached hydrogens (tertiary/aromatic N) is 1. The minimum absolute atomic E-state index is 0.171. The molecule has 4 heteroatoms. The molecule has 0 spiro atoms. The molecule has 0 saturated carbocycles. The Kier molecular flexibility index (Phi) is 2.88. The molecular weight excluding hydrogens is 221 g/mol. The SMILES string of the molecule is CCc1ccc(F)c2cc(C(=O)N(C)C)oc12. The van der Waals surface area contributed by atoms with Crippen LogP contribution < -0.4 is 0 Å². The zero-order valence-corrected chi connectivity index (χ0v) is 10.1. The lowest BCUT2D eigenvalue weighted by atomic mass is 10.1. The summed E-state index contributed by atoms with van der Waals surface area (Å²) in [6.07, 6.45) is 0.736. The highest BCUT2D eigenvalue weighted by Gasteiger charge is 2.17. The molecule has 3 nitrogen and oxygen atoms in total. The third-order valence-corrected chi connectivity index (χ3v) is 2.71. The van der Waals surface area contributed by atoms with E-state index in [0.29, 0.717) is 11.0 Å². The summed E-state index contributed by atoms with van der Waals surface area (Å²) in [4.78, 5) is 13.1. The maximum atomic E-state index is 13.6. The fourth-order valence-corrected chi connectivity index (χ4v) is 1.75. The molecule has 0 radical (unpaired) electrons. The van der Waals surface area contributed by atoms with E-state index < -0.39 is 0 Å². The predicted molar refractivity (Wildman–Crippen MR) is 63.6 cm³/mol. The van der Waals surface area contributed by atoms with Gasteiger partial charge >= 0.3 is 0 Å². The van der Waals surface area contributed by atoms with Crippen molar-refractivity contribution < 1.29 is 13.6 Å². The van der Waals surface area contributed by atoms with Crippen molar-refractivity contribution >= 4 is 16.9 Å². The molecule has 1 heterocycles. The Morgan fingerprint density at radius 1 is 1.41 bits per heavy atom. The quantitative estimate of drug-likeness (QED) is 0.802. The van der Waals surface area contributed by atoms with Gasteiger partial charge in [0.1, 0.15) is 11.4 Å². The van der Waals surface area contributed by atoms with Crippen LogP contribution >= 0.6 is 0 Å². The summed E-state index contributed by atoms with van der Waals surface area (Å²) < 4.78 is 19.1. The van der Waals surface area contributed by atoms with Crippen LogP contribution in [-0.4, -0.2) is 24.9 Å². The first kappa shape index (κ1) is 11.6. The molecule has 0 aliphatic heterocycles. The Labute approximate surface area is 98.8 Å². The van der Waals surface area contributed by atoms with Gasteiger partial charge in [0, 0.05) is 20.2 Å². The molecule has 0 unspecified atom stereocenters. The minimum atomic E-state index is -0.362. The average molecular weight is 235 g/mol. The van der Waals surface area contributed by atoms with Crippen LogP contribution in [-0.2, 0) is 6.42 Å². The number of amides is 1. The predicted octanol–water partition coefficient (Wildman–Crippen LogP) is 2.84. The van der Waals surface area contributed by atoms with Crippen molar-refractivity contribution in [3.63, 3.8) is 0 Å². The van der Waals surface area contributed by atoms with E-state index in [0.717, 1.165) is 12.0 Å². The van der Waals surface area contributed by atoms with Crippen LogP contribution in [0.3, 0.4) is 0 Å². The summed E-state index contributed by atoms with van der Waals surface area (Å²) in [5, 5.41) is 0.370. The van der Waals surface area contributed by atoms with Crippen LogP contribution in [0.2, 0.25) is 0 Å². The number of benzene rings is 1. The smallest absolute Gasteiger partial charge is 0.289 e. The molecule has 0 saturated heterocycles. The molecule has 2 rings (SSSR count). The highest BCUT2D eigenvalue weighted by Crippen LogP contribution is 2.26. The van der Waals surface area contributed by atoms with Gasteiger partial charge in [0.25, 0.3) is 5.91 Å². The number of rotatable bonds is 2. The second-order valence-electron chi connectivity index (χ2n) is 4.11. The molecule has 0 atom stereocenters. The molecule has 1 aromatic heterocycles. The first-order valence-electron chi connectivity index (χ1n) is 5.47. The van der Waals surface area contributed by atoms with Crippen LogP contribution in [0.1, 0.15) is 23.0 Å². The zero-order valence-electron chi connectivity index (χ0n) is 10.1. The van der Waals surface area contributed by atoms with E-state index in [9.17, 15) is 9.18 Å². The summed E-state index contributed by atoms with van der Waals surface area (Å²) in [6.45, 7) is 1.96. The number of hydrogen-bond donors (Lipinski definition) is 0. The van der Waals surface area contributed by atoms with E-state index in [-0.39, 0.29) is 17.5 Å². The van der Waals surface area contributed by atoms with Crippen molar-refractivity contribution in [3.05, 3.63) is 35.3 Å². The first-order valence-corrected chi connectivity index (χ1v) is 5.47. The Morgan fingerprint density at radius 3 is 2.71 bits per heavy atom. The van der Waals surface area contributed by atoms with Crippen LogP contribution in [0.25, 0.3) is 11.0 Å². The Morgan fingerprint density at radius 2 is 2.12 bits per heavy atom. The minimum Gasteiger partial charge on any atom is -0.451 e. The van der Waals surface area contributed by atoms with Crippen molar-refractivity contribution in [1.82, 2.24) is 4.90 Å². The van der Waals surface area contributed by atoms with Gasteiger partial charge in [-0.05, 0) is 18.1 Å². The normalized spacial score (nSPS) is 10.8. The lowest BCUT2D eigenvalue weighted by molar-refractivity contribution is 0.0799. The van der Waals surface area contributed by atoms with Gasteiger partial charge in [-0.1, -0.05) is 13.0 Å². The molecule has 1 aromatic carbocycles. The van der Waals surface area contributed by atoms with E-state index in [1.165, 1.54) is 17.0 Å². The zero-order chi connectivity index (χ0) is 12.6. The number of furan rings is 1. The highest BCUT2D eigenvalue weighted by atomic mass is 19.1. The first-order chi connectivity index (χ1) is 8.04. The number of halogens is 1. The summed E-state index contributed by atoms with van der Waals surface area (Å²) in [6, 6.07) is 4.55. The van der Waals surface area contributed by atoms with E-state index in [4.69, 9.17) is 4.42 Å². The van der Waals surface area contributed by atoms with Crippen molar-refractivity contribution in [3.8, 4) is 0 Å². The number of fused-ring (bicyclic) bond motifs is 1. The second-order valence-corrected chi connectivity index (χ2v) is 4.11. The van der Waals surface area contributed by atoms with Gasteiger partial charge in [-0.25, -0.2) is 4.39 Å². The standard InChI is InChI=1S/C13H14FNO2/c1-4-8-5-6-10(14)9-7-11(17-12(8)9)13(16)15(2)3/h5-7H,4H2,1-3H3. The van der Waals surface area contributed by atoms with Crippen LogP contribution in [0, 0.1) is 5.82 Å². The van der Waals surface area contributed by atoms with Gasteiger partial charge in [0.15, 0.2) is 5.76 Å². The van der Waals surface area contributed by atoms with Crippen LogP contribution in [0.15, 0.2) is 22.6 Å². The van der Waals surface area contributed by atoms with Gasteiger partial charge in [0.05, 0.1) is 5.39 Å². The number of carbonyl (C=O) groups is 1. The third-order valence-electron chi connectivity index (χ3n) is 2.71. The molecule has 0 bridgehead atoms. The van der Waals surface area contributed by atoms with E-state index in [1.54, 1.807) is 20.2 Å². The van der Waals surface area contributed by atoms with E-state index in [2.05, 4.69) is 0 Å². The van der Waals surface area contributed by atoms with Crippen molar-refractivity contribution in [2.24, 2.45) is 0 Å². The highest BCUT2D eigenvalue weighted by molar-refractivity contribution is 5.96. The summed E-state index contributed by atoms with van der Waals surface area (Å²) in [5.41, 5.74) is 1.37. The Hall–Kier alpha value is -1.84. The maximum absolute atomic E-state index is 13.6. The number of hydrogen-bond acceptors (Lipinski definition) is 2. The monoisotopic (exact) mass is 235 g/mol. The summed E-state index contributed by atoms with van der Waals surface area (Å²) in [7, 11) is 3.26. The van der Waals surface area contributed by atoms with Crippen molar-refractivity contribution in [2.75, 3.05) is 14.1 Å². The average Bonchev–Trinajstić information content (AvgIpc) is 2.74.